The van der Waals surface area contributed by atoms with Crippen molar-refractivity contribution in [3.05, 3.63) is 29.6 Å². The molecular formula is C17H23FN2O. The van der Waals surface area contributed by atoms with E-state index < -0.39 is 0 Å². The van der Waals surface area contributed by atoms with E-state index >= 15 is 0 Å². The molecule has 2 fully saturated rings. The summed E-state index contributed by atoms with van der Waals surface area (Å²) in [5.41, 5.74) is 1.23. The van der Waals surface area contributed by atoms with E-state index in [0.29, 0.717) is 5.92 Å². The van der Waals surface area contributed by atoms with Gasteiger partial charge in [-0.25, -0.2) is 9.18 Å². The molecule has 2 aliphatic rings. The maximum atomic E-state index is 13.7. The van der Waals surface area contributed by atoms with E-state index in [4.69, 9.17) is 0 Å². The summed E-state index contributed by atoms with van der Waals surface area (Å²) < 4.78 is 13.7. The van der Waals surface area contributed by atoms with Crippen LogP contribution in [-0.2, 0) is 0 Å². The first kappa shape index (κ1) is 14.4. The minimum atomic E-state index is -0.374. The Bertz CT molecular complexity index is 532. The average Bonchev–Trinajstić information content (AvgIpc) is 2.50. The highest BCUT2D eigenvalue weighted by atomic mass is 19.1. The van der Waals surface area contributed by atoms with Gasteiger partial charge in [0.2, 0.25) is 0 Å². The molecule has 1 saturated heterocycles. The van der Waals surface area contributed by atoms with E-state index in [1.54, 1.807) is 12.1 Å². The summed E-state index contributed by atoms with van der Waals surface area (Å²) in [5, 5.41) is 2.73. The van der Waals surface area contributed by atoms with Crippen molar-refractivity contribution in [1.29, 1.82) is 0 Å². The number of piperidine rings is 1. The Morgan fingerprint density at radius 1 is 1.24 bits per heavy atom. The number of anilines is 1. The highest BCUT2D eigenvalue weighted by Crippen LogP contribution is 2.36. The zero-order valence-corrected chi connectivity index (χ0v) is 12.6. The Hall–Kier alpha value is -1.58. The zero-order chi connectivity index (χ0) is 14.8. The van der Waals surface area contributed by atoms with E-state index in [1.807, 2.05) is 11.8 Å². The third-order valence-corrected chi connectivity index (χ3v) is 4.94. The Morgan fingerprint density at radius 2 is 2.00 bits per heavy atom. The van der Waals surface area contributed by atoms with Crippen LogP contribution >= 0.6 is 0 Å². The second-order valence-electron chi connectivity index (χ2n) is 6.45. The molecular weight excluding hydrogens is 267 g/mol. The minimum Gasteiger partial charge on any atom is -0.324 e. The third-order valence-electron chi connectivity index (χ3n) is 4.94. The third kappa shape index (κ3) is 3.20. The van der Waals surface area contributed by atoms with Gasteiger partial charge >= 0.3 is 6.03 Å². The Morgan fingerprint density at radius 3 is 2.81 bits per heavy atom. The molecule has 21 heavy (non-hydrogen) atoms. The number of urea groups is 1. The number of carbonyl (C=O) groups is 1. The lowest BCUT2D eigenvalue weighted by Crippen LogP contribution is -2.46. The maximum Gasteiger partial charge on any atom is 0.321 e. The van der Waals surface area contributed by atoms with Gasteiger partial charge < -0.3 is 10.2 Å². The van der Waals surface area contributed by atoms with E-state index in [9.17, 15) is 9.18 Å². The molecule has 1 aromatic carbocycles. The van der Waals surface area contributed by atoms with Gasteiger partial charge in [0.25, 0.3) is 0 Å². The highest BCUT2D eigenvalue weighted by molar-refractivity contribution is 5.89. The number of fused-ring (bicyclic) bond motifs is 1. The molecule has 2 unspecified atom stereocenters. The van der Waals surface area contributed by atoms with Crippen LogP contribution in [0.25, 0.3) is 0 Å². The summed E-state index contributed by atoms with van der Waals surface area (Å²) in [6, 6.07) is 4.63. The Labute approximate surface area is 125 Å². The molecule has 0 spiro atoms. The van der Waals surface area contributed by atoms with Gasteiger partial charge in [-0.15, -0.1) is 0 Å². The van der Waals surface area contributed by atoms with Crippen molar-refractivity contribution < 1.29 is 9.18 Å². The van der Waals surface area contributed by atoms with Crippen LogP contribution in [-0.4, -0.2) is 24.0 Å². The van der Waals surface area contributed by atoms with Crippen LogP contribution in [0.3, 0.4) is 0 Å². The van der Waals surface area contributed by atoms with E-state index in [2.05, 4.69) is 5.32 Å². The monoisotopic (exact) mass is 290 g/mol. The molecule has 1 N–H and O–H groups in total. The molecule has 2 atom stereocenters. The summed E-state index contributed by atoms with van der Waals surface area (Å²) in [6.07, 6.45) is 6.25. The van der Waals surface area contributed by atoms with Crippen LogP contribution in [0.4, 0.5) is 14.9 Å². The van der Waals surface area contributed by atoms with Gasteiger partial charge in [-0.2, -0.15) is 0 Å². The number of hydrogen-bond donors (Lipinski definition) is 1. The second kappa shape index (κ2) is 6.04. The van der Waals surface area contributed by atoms with E-state index in [-0.39, 0.29) is 17.5 Å². The summed E-state index contributed by atoms with van der Waals surface area (Å²) >= 11 is 0. The zero-order valence-electron chi connectivity index (χ0n) is 12.6. The van der Waals surface area contributed by atoms with Crippen LogP contribution in [0.1, 0.15) is 37.7 Å². The maximum absolute atomic E-state index is 13.7. The van der Waals surface area contributed by atoms with Crippen molar-refractivity contribution in [1.82, 2.24) is 4.90 Å². The van der Waals surface area contributed by atoms with Crippen molar-refractivity contribution in [3.8, 4) is 0 Å². The van der Waals surface area contributed by atoms with Gasteiger partial charge in [0, 0.05) is 13.1 Å². The molecule has 0 radical (unpaired) electrons. The lowest BCUT2D eigenvalue weighted by Gasteiger charge is -2.41. The lowest BCUT2D eigenvalue weighted by molar-refractivity contribution is 0.108. The van der Waals surface area contributed by atoms with Crippen LogP contribution in [0.5, 0.6) is 0 Å². The second-order valence-corrected chi connectivity index (χ2v) is 6.45. The van der Waals surface area contributed by atoms with Crippen molar-refractivity contribution in [3.63, 3.8) is 0 Å². The van der Waals surface area contributed by atoms with Crippen LogP contribution in [0.2, 0.25) is 0 Å². The number of nitrogens with zero attached hydrogens (tertiary/aromatic N) is 1. The van der Waals surface area contributed by atoms with Crippen molar-refractivity contribution in [2.45, 2.75) is 39.0 Å². The standard InChI is InChI=1S/C17H23FN2O/c1-12-6-7-15(18)16(10-12)19-17(21)20-9-8-13-4-2-3-5-14(13)11-20/h6-7,10,13-14H,2-5,8-9,11H2,1H3,(H,19,21). The first-order valence-electron chi connectivity index (χ1n) is 7.95. The lowest BCUT2D eigenvalue weighted by atomic mass is 9.75. The fourth-order valence-electron chi connectivity index (χ4n) is 3.71. The van der Waals surface area contributed by atoms with Gasteiger partial charge in [0.1, 0.15) is 5.82 Å². The minimum absolute atomic E-state index is 0.163. The van der Waals surface area contributed by atoms with Crippen LogP contribution < -0.4 is 5.32 Å². The fraction of sp³-hybridized carbons (Fsp3) is 0.588. The topological polar surface area (TPSA) is 32.3 Å². The normalized spacial score (nSPS) is 25.3. The SMILES string of the molecule is Cc1ccc(F)c(NC(=O)N2CCC3CCCCC3C2)c1. The smallest absolute Gasteiger partial charge is 0.321 e. The Kier molecular flexibility index (Phi) is 4.13. The molecule has 1 aromatic rings. The van der Waals surface area contributed by atoms with Gasteiger partial charge in [0.15, 0.2) is 0 Å². The van der Waals surface area contributed by atoms with Gasteiger partial charge in [-0.05, 0) is 49.3 Å². The number of benzene rings is 1. The van der Waals surface area contributed by atoms with Crippen LogP contribution in [0.15, 0.2) is 18.2 Å². The molecule has 2 amide bonds. The number of likely N-dealkylation sites (tertiary alicyclic amines) is 1. The molecule has 3 nitrogen and oxygen atoms in total. The Balaban J connectivity index is 1.64. The number of amides is 2. The van der Waals surface area contributed by atoms with E-state index in [0.717, 1.165) is 31.0 Å². The summed E-state index contributed by atoms with van der Waals surface area (Å²) in [5.74, 6) is 1.06. The van der Waals surface area contributed by atoms with Crippen molar-refractivity contribution in [2.24, 2.45) is 11.8 Å². The predicted octanol–water partition coefficient (Wildman–Crippen LogP) is 4.18. The van der Waals surface area contributed by atoms with Gasteiger partial charge in [-0.3, -0.25) is 0 Å². The summed E-state index contributed by atoms with van der Waals surface area (Å²) in [4.78, 5) is 14.2. The molecule has 0 aromatic heterocycles. The molecule has 4 heteroatoms. The first-order valence-corrected chi connectivity index (χ1v) is 7.95. The van der Waals surface area contributed by atoms with Gasteiger partial charge in [-0.1, -0.05) is 25.3 Å². The average molecular weight is 290 g/mol. The summed E-state index contributed by atoms with van der Waals surface area (Å²) in [7, 11) is 0. The van der Waals surface area contributed by atoms with Crippen molar-refractivity contribution in [2.75, 3.05) is 18.4 Å². The molecule has 114 valence electrons. The molecule has 0 bridgehead atoms. The quantitative estimate of drug-likeness (QED) is 0.827. The molecule has 1 saturated carbocycles. The summed E-state index contributed by atoms with van der Waals surface area (Å²) in [6.45, 7) is 3.51. The molecule has 1 aliphatic heterocycles. The number of carbonyl (C=O) groups excluding carboxylic acids is 1. The number of halogens is 1. The number of hydrogen-bond acceptors (Lipinski definition) is 1. The molecule has 1 aliphatic carbocycles. The van der Waals surface area contributed by atoms with E-state index in [1.165, 1.54) is 31.7 Å². The fourth-order valence-corrected chi connectivity index (χ4v) is 3.71. The molecule has 3 rings (SSSR count). The first-order chi connectivity index (χ1) is 10.1. The largest absolute Gasteiger partial charge is 0.324 e. The van der Waals surface area contributed by atoms with Gasteiger partial charge in [0.05, 0.1) is 5.69 Å². The predicted molar refractivity (Wildman–Crippen MR) is 81.8 cm³/mol. The number of nitrogens with one attached hydrogen (secondary N) is 1. The van der Waals surface area contributed by atoms with Crippen LogP contribution in [0, 0.1) is 24.6 Å². The number of aryl methyl sites for hydroxylation is 1. The highest BCUT2D eigenvalue weighted by Gasteiger charge is 2.33. The van der Waals surface area contributed by atoms with Crippen molar-refractivity contribution >= 4 is 11.7 Å². The number of rotatable bonds is 1. The molecule has 1 heterocycles.